The van der Waals surface area contributed by atoms with Gasteiger partial charge < -0.3 is 10.6 Å². The lowest BCUT2D eigenvalue weighted by atomic mass is 9.92. The number of hydrogen-bond donors (Lipinski definition) is 1. The van der Waals surface area contributed by atoms with E-state index < -0.39 is 0 Å². The first kappa shape index (κ1) is 13.7. The molecule has 2 N–H and O–H groups in total. The highest BCUT2D eigenvalue weighted by atomic mass is 15.0. The number of hydrogen-bond acceptors (Lipinski definition) is 2. The summed E-state index contributed by atoms with van der Waals surface area (Å²) in [6, 6.07) is 21.0. The average molecular weight is 276 g/mol. The van der Waals surface area contributed by atoms with E-state index in [1.165, 1.54) is 27.5 Å². The number of fused-ring (bicyclic) bond motifs is 1. The van der Waals surface area contributed by atoms with Crippen molar-refractivity contribution in [1.82, 2.24) is 4.90 Å². The normalized spacial score (nSPS) is 11.2. The second kappa shape index (κ2) is 5.58. The molecule has 3 rings (SSSR count). The lowest BCUT2D eigenvalue weighted by molar-refractivity contribution is 0.404. The van der Waals surface area contributed by atoms with E-state index in [0.717, 1.165) is 12.2 Å². The smallest absolute Gasteiger partial charge is 0.0372 e. The van der Waals surface area contributed by atoms with Gasteiger partial charge in [-0.2, -0.15) is 0 Å². The van der Waals surface area contributed by atoms with Crippen LogP contribution in [0.2, 0.25) is 0 Å². The van der Waals surface area contributed by atoms with Gasteiger partial charge in [0, 0.05) is 12.2 Å². The average Bonchev–Trinajstić information content (AvgIpc) is 2.48. The van der Waals surface area contributed by atoms with E-state index in [9.17, 15) is 0 Å². The number of nitrogens with two attached hydrogens (primary N) is 1. The molecule has 0 aliphatic rings. The number of rotatable bonds is 3. The van der Waals surface area contributed by atoms with Crippen LogP contribution in [0.5, 0.6) is 0 Å². The molecular weight excluding hydrogens is 256 g/mol. The second-order valence-electron chi connectivity index (χ2n) is 5.64. The molecule has 0 bridgehead atoms. The van der Waals surface area contributed by atoms with Crippen LogP contribution >= 0.6 is 0 Å². The summed E-state index contributed by atoms with van der Waals surface area (Å²) in [6.07, 6.45) is 0. The summed E-state index contributed by atoms with van der Waals surface area (Å²) < 4.78 is 0. The van der Waals surface area contributed by atoms with Gasteiger partial charge >= 0.3 is 0 Å². The molecule has 21 heavy (non-hydrogen) atoms. The Balaban J connectivity index is 2.36. The van der Waals surface area contributed by atoms with Crippen LogP contribution in [0.3, 0.4) is 0 Å². The fraction of sp³-hybridized carbons (Fsp3) is 0.158. The van der Waals surface area contributed by atoms with Gasteiger partial charge in [-0.3, -0.25) is 0 Å². The maximum Gasteiger partial charge on any atom is 0.0372 e. The van der Waals surface area contributed by atoms with Crippen LogP contribution in [0.15, 0.2) is 60.7 Å². The van der Waals surface area contributed by atoms with E-state index in [1.807, 2.05) is 6.07 Å². The van der Waals surface area contributed by atoms with Crippen LogP contribution in [-0.4, -0.2) is 19.0 Å². The highest BCUT2D eigenvalue weighted by molar-refractivity contribution is 6.01. The van der Waals surface area contributed by atoms with Gasteiger partial charge in [0.05, 0.1) is 0 Å². The summed E-state index contributed by atoms with van der Waals surface area (Å²) in [6.45, 7) is 0.834. The highest BCUT2D eigenvalue weighted by Gasteiger charge is 2.13. The van der Waals surface area contributed by atoms with Crippen LogP contribution in [0, 0.1) is 0 Å². The largest absolute Gasteiger partial charge is 0.398 e. The first-order valence-electron chi connectivity index (χ1n) is 7.17. The minimum absolute atomic E-state index is 0.834. The van der Waals surface area contributed by atoms with Crippen molar-refractivity contribution >= 4 is 16.5 Å². The Hall–Kier alpha value is -2.32. The van der Waals surface area contributed by atoms with Gasteiger partial charge in [0.15, 0.2) is 0 Å². The van der Waals surface area contributed by atoms with E-state index in [4.69, 9.17) is 5.73 Å². The van der Waals surface area contributed by atoms with Crippen molar-refractivity contribution < 1.29 is 0 Å². The Morgan fingerprint density at radius 1 is 0.905 bits per heavy atom. The zero-order valence-corrected chi connectivity index (χ0v) is 12.5. The monoisotopic (exact) mass is 276 g/mol. The summed E-state index contributed by atoms with van der Waals surface area (Å²) in [5, 5.41) is 2.45. The third-order valence-corrected chi connectivity index (χ3v) is 3.73. The molecule has 0 aliphatic heterocycles. The molecule has 0 heterocycles. The van der Waals surface area contributed by atoms with Crippen molar-refractivity contribution in [3.05, 3.63) is 66.2 Å². The summed E-state index contributed by atoms with van der Waals surface area (Å²) >= 11 is 0. The first-order valence-corrected chi connectivity index (χ1v) is 7.17. The van der Waals surface area contributed by atoms with Gasteiger partial charge in [0.1, 0.15) is 0 Å². The maximum atomic E-state index is 6.35. The molecule has 106 valence electrons. The standard InChI is InChI=1S/C19H20N2/c1-21(2)13-17-18(20)12-15-10-6-7-11-16(15)19(17)14-8-4-3-5-9-14/h3-12H,13,20H2,1-2H3. The van der Waals surface area contributed by atoms with Crippen molar-refractivity contribution in [1.29, 1.82) is 0 Å². The quantitative estimate of drug-likeness (QED) is 0.728. The molecule has 2 nitrogen and oxygen atoms in total. The van der Waals surface area contributed by atoms with E-state index in [0.29, 0.717) is 0 Å². The summed E-state index contributed by atoms with van der Waals surface area (Å²) in [5.74, 6) is 0. The van der Waals surface area contributed by atoms with Gasteiger partial charge in [-0.05, 0) is 47.6 Å². The molecule has 0 unspecified atom stereocenters. The molecule has 0 saturated heterocycles. The van der Waals surface area contributed by atoms with E-state index in [1.54, 1.807) is 0 Å². The molecular formula is C19H20N2. The third-order valence-electron chi connectivity index (χ3n) is 3.73. The highest BCUT2D eigenvalue weighted by Crippen LogP contribution is 2.36. The Labute approximate surface area is 125 Å². The topological polar surface area (TPSA) is 29.3 Å². The predicted octanol–water partition coefficient (Wildman–Crippen LogP) is 4.15. The predicted molar refractivity (Wildman–Crippen MR) is 91.2 cm³/mol. The number of nitrogen functional groups attached to an aromatic ring is 1. The lowest BCUT2D eigenvalue weighted by Crippen LogP contribution is -2.13. The molecule has 0 fully saturated rings. The Morgan fingerprint density at radius 3 is 2.29 bits per heavy atom. The number of nitrogens with zero attached hydrogens (tertiary/aromatic N) is 1. The minimum Gasteiger partial charge on any atom is -0.398 e. The zero-order chi connectivity index (χ0) is 14.8. The SMILES string of the molecule is CN(C)Cc1c(N)cc2ccccc2c1-c1ccccc1. The van der Waals surface area contributed by atoms with Gasteiger partial charge in [-0.25, -0.2) is 0 Å². The van der Waals surface area contributed by atoms with Crippen molar-refractivity contribution in [2.24, 2.45) is 0 Å². The molecule has 0 amide bonds. The molecule has 3 aromatic carbocycles. The third kappa shape index (κ3) is 2.63. The second-order valence-corrected chi connectivity index (χ2v) is 5.64. The molecule has 0 aromatic heterocycles. The van der Waals surface area contributed by atoms with Gasteiger partial charge in [0.25, 0.3) is 0 Å². The van der Waals surface area contributed by atoms with E-state index >= 15 is 0 Å². The Bertz CT molecular complexity index is 761. The molecule has 0 spiro atoms. The van der Waals surface area contributed by atoms with E-state index in [2.05, 4.69) is 73.6 Å². The molecule has 3 aromatic rings. The molecule has 0 radical (unpaired) electrons. The number of benzene rings is 3. The van der Waals surface area contributed by atoms with Crippen molar-refractivity contribution in [2.45, 2.75) is 6.54 Å². The van der Waals surface area contributed by atoms with Gasteiger partial charge in [-0.1, -0.05) is 54.6 Å². The molecule has 2 heteroatoms. The van der Waals surface area contributed by atoms with Crippen LogP contribution in [-0.2, 0) is 6.54 Å². The maximum absolute atomic E-state index is 6.35. The fourth-order valence-corrected chi connectivity index (χ4v) is 2.83. The Morgan fingerprint density at radius 2 is 1.57 bits per heavy atom. The van der Waals surface area contributed by atoms with Gasteiger partial charge in [0.2, 0.25) is 0 Å². The minimum atomic E-state index is 0.834. The van der Waals surface area contributed by atoms with Crippen LogP contribution < -0.4 is 5.73 Å². The van der Waals surface area contributed by atoms with Crippen LogP contribution in [0.4, 0.5) is 5.69 Å². The molecule has 0 atom stereocenters. The van der Waals surface area contributed by atoms with Crippen LogP contribution in [0.1, 0.15) is 5.56 Å². The molecule has 0 saturated carbocycles. The lowest BCUT2D eigenvalue weighted by Gasteiger charge is -2.19. The molecule has 0 aliphatic carbocycles. The van der Waals surface area contributed by atoms with Crippen LogP contribution in [0.25, 0.3) is 21.9 Å². The number of anilines is 1. The Kier molecular flexibility index (Phi) is 3.63. The first-order chi connectivity index (χ1) is 10.2. The zero-order valence-electron chi connectivity index (χ0n) is 12.5. The van der Waals surface area contributed by atoms with Crippen molar-refractivity contribution in [2.75, 3.05) is 19.8 Å². The summed E-state index contributed by atoms with van der Waals surface area (Å²) in [7, 11) is 4.15. The summed E-state index contributed by atoms with van der Waals surface area (Å²) in [5.41, 5.74) is 10.9. The van der Waals surface area contributed by atoms with Crippen molar-refractivity contribution in [3.8, 4) is 11.1 Å². The van der Waals surface area contributed by atoms with Gasteiger partial charge in [-0.15, -0.1) is 0 Å². The van der Waals surface area contributed by atoms with E-state index in [-0.39, 0.29) is 0 Å². The summed E-state index contributed by atoms with van der Waals surface area (Å²) in [4.78, 5) is 2.16. The van der Waals surface area contributed by atoms with Crippen molar-refractivity contribution in [3.63, 3.8) is 0 Å². The fourth-order valence-electron chi connectivity index (χ4n) is 2.83.